The first-order chi connectivity index (χ1) is 14.0. The summed E-state index contributed by atoms with van der Waals surface area (Å²) in [6, 6.07) is 3.41. The highest BCUT2D eigenvalue weighted by molar-refractivity contribution is 6.07. The molecule has 1 unspecified atom stereocenters. The first-order valence-electron chi connectivity index (χ1n) is 11.2. The molecule has 160 valence electrons. The van der Waals surface area contributed by atoms with Crippen LogP contribution in [0.5, 0.6) is 11.5 Å². The molecule has 1 heterocycles. The number of benzene rings is 1. The van der Waals surface area contributed by atoms with Crippen LogP contribution in [0.3, 0.4) is 0 Å². The lowest BCUT2D eigenvalue weighted by atomic mass is 9.82. The van der Waals surface area contributed by atoms with E-state index in [1.807, 2.05) is 0 Å². The van der Waals surface area contributed by atoms with E-state index in [-0.39, 0.29) is 18.1 Å². The third-order valence-electron chi connectivity index (χ3n) is 7.29. The van der Waals surface area contributed by atoms with E-state index < -0.39 is 5.67 Å². The Hall–Kier alpha value is -1.62. The molecule has 4 nitrogen and oxygen atoms in total. The number of piperidine rings is 1. The van der Waals surface area contributed by atoms with Crippen molar-refractivity contribution < 1.29 is 18.7 Å². The van der Waals surface area contributed by atoms with Crippen molar-refractivity contribution >= 4 is 5.78 Å². The highest BCUT2D eigenvalue weighted by atomic mass is 19.1. The zero-order valence-corrected chi connectivity index (χ0v) is 17.8. The van der Waals surface area contributed by atoms with Crippen LogP contribution in [0, 0.1) is 11.8 Å². The number of hydrogen-bond donors (Lipinski definition) is 0. The molecular formula is C24H34FNO3. The minimum absolute atomic E-state index is 0.157. The summed E-state index contributed by atoms with van der Waals surface area (Å²) in [6.07, 6.45) is 9.37. The van der Waals surface area contributed by atoms with Crippen LogP contribution >= 0.6 is 0 Å². The van der Waals surface area contributed by atoms with E-state index in [1.165, 1.54) is 45.8 Å². The molecule has 0 radical (unpaired) electrons. The Labute approximate surface area is 173 Å². The number of carbonyl (C=O) groups is 1. The molecule has 29 heavy (non-hydrogen) atoms. The zero-order valence-electron chi connectivity index (χ0n) is 17.8. The molecule has 0 spiro atoms. The van der Waals surface area contributed by atoms with Gasteiger partial charge in [0.25, 0.3) is 0 Å². The molecule has 1 aromatic rings. The molecule has 5 heteroatoms. The number of rotatable bonds is 6. The fourth-order valence-corrected chi connectivity index (χ4v) is 5.63. The van der Waals surface area contributed by atoms with Gasteiger partial charge in [-0.3, -0.25) is 4.79 Å². The first-order valence-corrected chi connectivity index (χ1v) is 11.2. The molecule has 1 aliphatic heterocycles. The van der Waals surface area contributed by atoms with Gasteiger partial charge >= 0.3 is 0 Å². The number of Topliss-reactive ketones (excluding diaryl/α,β-unsaturated/α-hetero) is 1. The van der Waals surface area contributed by atoms with Crippen LogP contribution < -0.4 is 9.47 Å². The molecule has 1 atom stereocenters. The number of ketones is 1. The van der Waals surface area contributed by atoms with Gasteiger partial charge in [-0.25, -0.2) is 4.39 Å². The lowest BCUT2D eigenvalue weighted by Crippen LogP contribution is -2.41. The van der Waals surface area contributed by atoms with Gasteiger partial charge in [0.2, 0.25) is 5.78 Å². The van der Waals surface area contributed by atoms with Crippen molar-refractivity contribution in [3.05, 3.63) is 23.3 Å². The Morgan fingerprint density at radius 3 is 2.31 bits per heavy atom. The maximum absolute atomic E-state index is 15.8. The zero-order chi connectivity index (χ0) is 20.4. The molecule has 0 amide bonds. The lowest BCUT2D eigenvalue weighted by molar-refractivity contribution is 0.0576. The summed E-state index contributed by atoms with van der Waals surface area (Å²) in [5.74, 6) is 1.80. The van der Waals surface area contributed by atoms with Crippen LogP contribution in [0.2, 0.25) is 0 Å². The number of carbonyl (C=O) groups excluding carboxylic acids is 1. The molecular weight excluding hydrogens is 369 g/mol. The van der Waals surface area contributed by atoms with Gasteiger partial charge < -0.3 is 14.4 Å². The number of likely N-dealkylation sites (tertiary alicyclic amines) is 1. The topological polar surface area (TPSA) is 38.8 Å². The number of alkyl halides is 1. The third kappa shape index (κ3) is 4.30. The molecule has 0 bridgehead atoms. The number of ether oxygens (including phenoxy) is 2. The van der Waals surface area contributed by atoms with Gasteiger partial charge in [0.05, 0.1) is 14.2 Å². The van der Waals surface area contributed by atoms with Crippen molar-refractivity contribution in [2.75, 3.05) is 33.9 Å². The standard InChI is InChI=1S/C24H34FNO3/c1-28-21-12-19-15-24(25,23(27)20(19)13-22(21)29-2)14-17-8-10-26(11-9-17)16-18-6-4-3-5-7-18/h12-13,17-18H,3-11,14-16H2,1-2H3. The average Bonchev–Trinajstić information content (AvgIpc) is 2.98. The third-order valence-corrected chi connectivity index (χ3v) is 7.29. The molecule has 2 fully saturated rings. The van der Waals surface area contributed by atoms with Crippen LogP contribution in [-0.4, -0.2) is 50.2 Å². The highest BCUT2D eigenvalue weighted by Gasteiger charge is 2.48. The summed E-state index contributed by atoms with van der Waals surface area (Å²) in [5.41, 5.74) is -0.583. The van der Waals surface area contributed by atoms with Crippen molar-refractivity contribution in [2.45, 2.75) is 63.5 Å². The molecule has 4 rings (SSSR count). The summed E-state index contributed by atoms with van der Waals surface area (Å²) in [7, 11) is 3.10. The normalized spacial score (nSPS) is 26.5. The SMILES string of the molecule is COc1cc2c(cc1OC)C(=O)C(F)(CC1CCN(CC3CCCCC3)CC1)C2. The van der Waals surface area contributed by atoms with E-state index in [0.717, 1.165) is 37.4 Å². The van der Waals surface area contributed by atoms with Crippen molar-refractivity contribution in [1.29, 1.82) is 0 Å². The van der Waals surface area contributed by atoms with Crippen LogP contribution in [0.25, 0.3) is 0 Å². The van der Waals surface area contributed by atoms with Gasteiger partial charge in [0, 0.05) is 18.5 Å². The monoisotopic (exact) mass is 403 g/mol. The number of halogens is 1. The van der Waals surface area contributed by atoms with Crippen molar-refractivity contribution in [2.24, 2.45) is 11.8 Å². The van der Waals surface area contributed by atoms with Gasteiger partial charge in [0.15, 0.2) is 17.2 Å². The van der Waals surface area contributed by atoms with E-state index in [0.29, 0.717) is 23.5 Å². The van der Waals surface area contributed by atoms with Crippen LogP contribution in [0.1, 0.15) is 67.3 Å². The minimum atomic E-state index is -1.78. The Morgan fingerprint density at radius 2 is 1.66 bits per heavy atom. The van der Waals surface area contributed by atoms with Crippen LogP contribution in [0.15, 0.2) is 12.1 Å². The Bertz CT molecular complexity index is 738. The summed E-state index contributed by atoms with van der Waals surface area (Å²) in [4.78, 5) is 15.5. The summed E-state index contributed by atoms with van der Waals surface area (Å²) in [6.45, 7) is 3.29. The first kappa shape index (κ1) is 20.6. The second-order valence-corrected chi connectivity index (χ2v) is 9.29. The number of hydrogen-bond acceptors (Lipinski definition) is 4. The van der Waals surface area contributed by atoms with Gasteiger partial charge in [-0.2, -0.15) is 0 Å². The second-order valence-electron chi connectivity index (χ2n) is 9.29. The van der Waals surface area contributed by atoms with E-state index in [9.17, 15) is 4.79 Å². The van der Waals surface area contributed by atoms with Gasteiger partial charge in [-0.1, -0.05) is 19.3 Å². The average molecular weight is 404 g/mol. The van der Waals surface area contributed by atoms with Gasteiger partial charge in [-0.05, 0) is 74.7 Å². The summed E-state index contributed by atoms with van der Waals surface area (Å²) < 4.78 is 26.4. The van der Waals surface area contributed by atoms with Crippen LogP contribution in [0.4, 0.5) is 4.39 Å². The predicted molar refractivity (Wildman–Crippen MR) is 112 cm³/mol. The van der Waals surface area contributed by atoms with E-state index in [2.05, 4.69) is 4.90 Å². The number of fused-ring (bicyclic) bond motifs is 1. The summed E-state index contributed by atoms with van der Waals surface area (Å²) >= 11 is 0. The molecule has 0 aromatic heterocycles. The molecule has 1 saturated carbocycles. The fraction of sp³-hybridized carbons (Fsp3) is 0.708. The molecule has 0 N–H and O–H groups in total. The van der Waals surface area contributed by atoms with E-state index in [4.69, 9.17) is 9.47 Å². The van der Waals surface area contributed by atoms with Crippen molar-refractivity contribution in [3.8, 4) is 11.5 Å². The maximum atomic E-state index is 15.8. The predicted octanol–water partition coefficient (Wildman–Crippen LogP) is 4.83. The van der Waals surface area contributed by atoms with Crippen molar-refractivity contribution in [3.63, 3.8) is 0 Å². The molecule has 1 aromatic carbocycles. The number of nitrogens with zero attached hydrogens (tertiary/aromatic N) is 1. The Morgan fingerprint density at radius 1 is 1.00 bits per heavy atom. The Kier molecular flexibility index (Phi) is 6.14. The van der Waals surface area contributed by atoms with E-state index >= 15 is 4.39 Å². The highest BCUT2D eigenvalue weighted by Crippen LogP contribution is 2.43. The molecule has 3 aliphatic rings. The van der Waals surface area contributed by atoms with E-state index in [1.54, 1.807) is 19.2 Å². The second kappa shape index (κ2) is 8.63. The number of methoxy groups -OCH3 is 2. The largest absolute Gasteiger partial charge is 0.493 e. The lowest BCUT2D eigenvalue weighted by Gasteiger charge is -2.36. The summed E-state index contributed by atoms with van der Waals surface area (Å²) in [5, 5.41) is 0. The fourth-order valence-electron chi connectivity index (χ4n) is 5.63. The molecule has 2 aliphatic carbocycles. The van der Waals surface area contributed by atoms with Gasteiger partial charge in [-0.15, -0.1) is 0 Å². The molecule has 1 saturated heterocycles. The maximum Gasteiger partial charge on any atom is 0.200 e. The van der Waals surface area contributed by atoms with Gasteiger partial charge in [0.1, 0.15) is 0 Å². The Balaban J connectivity index is 1.35. The smallest absolute Gasteiger partial charge is 0.200 e. The minimum Gasteiger partial charge on any atom is -0.493 e. The van der Waals surface area contributed by atoms with Crippen LogP contribution in [-0.2, 0) is 6.42 Å². The van der Waals surface area contributed by atoms with Crippen molar-refractivity contribution in [1.82, 2.24) is 4.90 Å². The quantitative estimate of drug-likeness (QED) is 0.682.